The van der Waals surface area contributed by atoms with Gasteiger partial charge in [-0.2, -0.15) is 22.0 Å². The summed E-state index contributed by atoms with van der Waals surface area (Å²) in [7, 11) is 0. The number of aliphatic hydroxyl groups excluding tert-OH is 1. The Morgan fingerprint density at radius 1 is 1.13 bits per heavy atom. The summed E-state index contributed by atoms with van der Waals surface area (Å²) in [4.78, 5) is 0. The van der Waals surface area contributed by atoms with Crippen LogP contribution >= 0.6 is 0 Å². The monoisotopic (exact) mass is 346 g/mol. The van der Waals surface area contributed by atoms with Crippen LogP contribution in [0.5, 0.6) is 11.5 Å². The third kappa shape index (κ3) is 2.68. The summed E-state index contributed by atoms with van der Waals surface area (Å²) in [5.74, 6) is -4.47. The van der Waals surface area contributed by atoms with Crippen molar-refractivity contribution in [2.75, 3.05) is 0 Å². The van der Waals surface area contributed by atoms with E-state index >= 15 is 0 Å². The first-order valence-corrected chi connectivity index (χ1v) is 6.44. The molecule has 1 aliphatic heterocycles. The summed E-state index contributed by atoms with van der Waals surface area (Å²) in [6.07, 6.45) is -14.5. The van der Waals surface area contributed by atoms with Crippen molar-refractivity contribution in [2.45, 2.75) is 43.3 Å². The topological polar surface area (TPSA) is 38.7 Å². The number of ether oxygens (including phenoxy) is 2. The molecule has 1 N–H and O–H groups in total. The van der Waals surface area contributed by atoms with Gasteiger partial charge in [0.05, 0.1) is 5.56 Å². The van der Waals surface area contributed by atoms with Gasteiger partial charge in [0.2, 0.25) is 0 Å². The summed E-state index contributed by atoms with van der Waals surface area (Å²) in [6.45, 7) is 0. The Morgan fingerprint density at radius 3 is 2.26 bits per heavy atom. The van der Waals surface area contributed by atoms with Crippen LogP contribution in [0.4, 0.5) is 30.7 Å². The summed E-state index contributed by atoms with van der Waals surface area (Å²) < 4.78 is 100. The molecule has 0 amide bonds. The summed E-state index contributed by atoms with van der Waals surface area (Å²) in [5, 5.41) is 9.42. The van der Waals surface area contributed by atoms with E-state index in [4.69, 9.17) is 4.74 Å². The van der Waals surface area contributed by atoms with Gasteiger partial charge in [0.25, 0.3) is 5.92 Å². The third-order valence-electron chi connectivity index (χ3n) is 3.64. The number of alkyl halides is 7. The summed E-state index contributed by atoms with van der Waals surface area (Å²) >= 11 is 0. The van der Waals surface area contributed by atoms with E-state index < -0.39 is 65.9 Å². The van der Waals surface area contributed by atoms with E-state index in [-0.39, 0.29) is 0 Å². The highest BCUT2D eigenvalue weighted by Gasteiger charge is 2.55. The second kappa shape index (κ2) is 4.65. The third-order valence-corrected chi connectivity index (χ3v) is 3.64. The molecule has 3 nitrogen and oxygen atoms in total. The van der Waals surface area contributed by atoms with Crippen LogP contribution in [0.3, 0.4) is 0 Å². The van der Waals surface area contributed by atoms with Gasteiger partial charge in [0, 0.05) is 18.4 Å². The number of fused-ring (bicyclic) bond motifs is 1. The molecule has 1 unspecified atom stereocenters. The van der Waals surface area contributed by atoms with Gasteiger partial charge in [0.1, 0.15) is 6.10 Å². The molecule has 0 radical (unpaired) electrons. The molecule has 0 bridgehead atoms. The first kappa shape index (κ1) is 16.2. The number of hydrogen-bond acceptors (Lipinski definition) is 3. The Hall–Kier alpha value is -1.71. The standard InChI is InChI=1S/C13H9F7O3/c14-11(15)3-5(4-11)22-7-2-1-6(12(16,17)18)8-9(7)23-13(19,20)10(8)21/h1-2,5,10,21H,3-4H2. The summed E-state index contributed by atoms with van der Waals surface area (Å²) in [5.41, 5.74) is -2.66. The number of halogens is 7. The minimum Gasteiger partial charge on any atom is -0.486 e. The van der Waals surface area contributed by atoms with E-state index in [1.807, 2.05) is 0 Å². The van der Waals surface area contributed by atoms with Gasteiger partial charge < -0.3 is 14.6 Å². The minimum atomic E-state index is -5.00. The van der Waals surface area contributed by atoms with Crippen molar-refractivity contribution in [2.24, 2.45) is 0 Å². The van der Waals surface area contributed by atoms with E-state index in [0.717, 1.165) is 0 Å². The molecule has 1 aliphatic carbocycles. The van der Waals surface area contributed by atoms with Crippen LogP contribution in [0.1, 0.15) is 30.1 Å². The molecule has 1 aromatic carbocycles. The Labute approximate surface area is 124 Å². The van der Waals surface area contributed by atoms with Gasteiger partial charge in [-0.3, -0.25) is 0 Å². The molecule has 23 heavy (non-hydrogen) atoms. The maximum Gasteiger partial charge on any atom is 0.429 e. The van der Waals surface area contributed by atoms with Gasteiger partial charge in [0.15, 0.2) is 17.6 Å². The van der Waals surface area contributed by atoms with E-state index in [1.165, 1.54) is 0 Å². The lowest BCUT2D eigenvalue weighted by Crippen LogP contribution is -2.43. The fourth-order valence-corrected chi connectivity index (χ4v) is 2.53. The van der Waals surface area contributed by atoms with Crippen molar-refractivity contribution in [1.82, 2.24) is 0 Å². The lowest BCUT2D eigenvalue weighted by molar-refractivity contribution is -0.225. The van der Waals surface area contributed by atoms with Crippen LogP contribution in [0, 0.1) is 0 Å². The maximum absolute atomic E-state index is 13.4. The van der Waals surface area contributed by atoms with Crippen LogP contribution in [0.15, 0.2) is 12.1 Å². The highest BCUT2D eigenvalue weighted by molar-refractivity contribution is 5.56. The normalized spacial score (nSPS) is 25.5. The molecule has 128 valence electrons. The molecule has 1 fully saturated rings. The molecular formula is C13H9F7O3. The van der Waals surface area contributed by atoms with E-state index in [0.29, 0.717) is 12.1 Å². The quantitative estimate of drug-likeness (QED) is 0.826. The molecule has 2 aliphatic rings. The predicted molar refractivity (Wildman–Crippen MR) is 60.6 cm³/mol. The van der Waals surface area contributed by atoms with E-state index in [1.54, 1.807) is 0 Å². The Morgan fingerprint density at radius 2 is 1.74 bits per heavy atom. The van der Waals surface area contributed by atoms with Gasteiger partial charge >= 0.3 is 12.3 Å². The van der Waals surface area contributed by atoms with Crippen LogP contribution in [0.2, 0.25) is 0 Å². The lowest BCUT2D eigenvalue weighted by Gasteiger charge is -2.35. The minimum absolute atomic E-state index is 0.443. The smallest absolute Gasteiger partial charge is 0.429 e. The lowest BCUT2D eigenvalue weighted by atomic mass is 9.91. The van der Waals surface area contributed by atoms with Crippen LogP contribution in [-0.4, -0.2) is 23.2 Å². The van der Waals surface area contributed by atoms with Crippen molar-refractivity contribution < 1.29 is 45.3 Å². The molecule has 10 heteroatoms. The average Bonchev–Trinajstić information content (AvgIpc) is 2.58. The number of rotatable bonds is 2. The van der Waals surface area contributed by atoms with Gasteiger partial charge in [-0.1, -0.05) is 0 Å². The molecular weight excluding hydrogens is 337 g/mol. The molecule has 1 saturated carbocycles. The van der Waals surface area contributed by atoms with Crippen molar-refractivity contribution in [3.05, 3.63) is 23.3 Å². The van der Waals surface area contributed by atoms with Gasteiger partial charge in [-0.25, -0.2) is 8.78 Å². The molecule has 0 saturated heterocycles. The largest absolute Gasteiger partial charge is 0.486 e. The predicted octanol–water partition coefficient (Wildman–Crippen LogP) is 3.90. The zero-order valence-corrected chi connectivity index (χ0v) is 11.1. The van der Waals surface area contributed by atoms with E-state index in [9.17, 15) is 35.8 Å². The Bertz CT molecular complexity index is 633. The second-order valence-electron chi connectivity index (χ2n) is 5.42. The van der Waals surface area contributed by atoms with Crippen LogP contribution in [0.25, 0.3) is 0 Å². The second-order valence-corrected chi connectivity index (χ2v) is 5.42. The molecule has 1 atom stereocenters. The van der Waals surface area contributed by atoms with E-state index in [2.05, 4.69) is 4.74 Å². The van der Waals surface area contributed by atoms with Crippen LogP contribution < -0.4 is 9.47 Å². The fraction of sp³-hybridized carbons (Fsp3) is 0.538. The highest BCUT2D eigenvalue weighted by atomic mass is 19.4. The van der Waals surface area contributed by atoms with Crippen molar-refractivity contribution in [1.29, 1.82) is 0 Å². The SMILES string of the molecule is OC1c2c(C(F)(F)F)ccc(OC3CC(F)(F)C3)c2OC1(F)F. The summed E-state index contributed by atoms with van der Waals surface area (Å²) in [6, 6.07) is 1.16. The van der Waals surface area contributed by atoms with Gasteiger partial charge in [-0.05, 0) is 12.1 Å². The first-order chi connectivity index (χ1) is 10.4. The van der Waals surface area contributed by atoms with Crippen molar-refractivity contribution in [3.8, 4) is 11.5 Å². The van der Waals surface area contributed by atoms with Crippen molar-refractivity contribution in [3.63, 3.8) is 0 Å². The Kier molecular flexibility index (Phi) is 3.27. The maximum atomic E-state index is 13.4. The highest BCUT2D eigenvalue weighted by Crippen LogP contribution is 2.54. The zero-order valence-electron chi connectivity index (χ0n) is 11.1. The molecule has 0 spiro atoms. The average molecular weight is 346 g/mol. The van der Waals surface area contributed by atoms with Crippen LogP contribution in [-0.2, 0) is 6.18 Å². The zero-order chi connectivity index (χ0) is 17.2. The molecule has 0 aromatic heterocycles. The molecule has 1 heterocycles. The van der Waals surface area contributed by atoms with Crippen molar-refractivity contribution >= 4 is 0 Å². The number of hydrogen-bond donors (Lipinski definition) is 1. The molecule has 1 aromatic rings. The number of benzene rings is 1. The molecule has 3 rings (SSSR count). The Balaban J connectivity index is 1.98. The first-order valence-electron chi connectivity index (χ1n) is 6.44. The van der Waals surface area contributed by atoms with Gasteiger partial charge in [-0.15, -0.1) is 0 Å². The number of aliphatic hydroxyl groups is 1. The fourth-order valence-electron chi connectivity index (χ4n) is 2.53.